The van der Waals surface area contributed by atoms with Crippen LogP contribution in [0.3, 0.4) is 0 Å². The molecule has 0 saturated carbocycles. The number of halogens is 1. The first-order valence-electron chi connectivity index (χ1n) is 6.24. The Morgan fingerprint density at radius 1 is 1.40 bits per heavy atom. The highest BCUT2D eigenvalue weighted by atomic mass is 79.9. The number of benzene rings is 1. The Bertz CT molecular complexity index is 578. The smallest absolute Gasteiger partial charge is 0.264 e. The van der Waals surface area contributed by atoms with E-state index >= 15 is 0 Å². The molecular formula is C13H17BrO5S. The van der Waals surface area contributed by atoms with Gasteiger partial charge in [0.25, 0.3) is 10.1 Å². The molecule has 0 amide bonds. The van der Waals surface area contributed by atoms with Crippen molar-refractivity contribution in [3.05, 3.63) is 33.8 Å². The molecule has 20 heavy (non-hydrogen) atoms. The maximum atomic E-state index is 11.1. The lowest BCUT2D eigenvalue weighted by molar-refractivity contribution is -0.0687. The van der Waals surface area contributed by atoms with Crippen LogP contribution in [0.15, 0.2) is 22.7 Å². The van der Waals surface area contributed by atoms with Crippen molar-refractivity contribution in [1.82, 2.24) is 0 Å². The van der Waals surface area contributed by atoms with Crippen LogP contribution in [0.1, 0.15) is 24.0 Å². The van der Waals surface area contributed by atoms with Crippen molar-refractivity contribution in [2.45, 2.75) is 25.0 Å². The quantitative estimate of drug-likeness (QED) is 0.826. The third kappa shape index (κ3) is 4.02. The third-order valence-corrected chi connectivity index (χ3v) is 4.36. The Morgan fingerprint density at radius 3 is 2.65 bits per heavy atom. The van der Waals surface area contributed by atoms with E-state index in [9.17, 15) is 13.5 Å². The second kappa shape index (κ2) is 6.11. The fraction of sp³-hybridized carbons (Fsp3) is 0.538. The van der Waals surface area contributed by atoms with Crippen LogP contribution < -0.4 is 0 Å². The molecule has 1 saturated heterocycles. The molecule has 0 aliphatic carbocycles. The zero-order valence-electron chi connectivity index (χ0n) is 11.1. The number of ether oxygens (including phenoxy) is 1. The molecule has 0 unspecified atom stereocenters. The summed E-state index contributed by atoms with van der Waals surface area (Å²) >= 11 is 3.38. The van der Waals surface area contributed by atoms with Crippen molar-refractivity contribution in [3.8, 4) is 0 Å². The Hall–Kier alpha value is -0.470. The normalized spacial score (nSPS) is 18.9. The van der Waals surface area contributed by atoms with Gasteiger partial charge >= 0.3 is 0 Å². The fourth-order valence-corrected chi connectivity index (χ4v) is 2.96. The molecule has 1 aromatic carbocycles. The van der Waals surface area contributed by atoms with Crippen LogP contribution in [0.2, 0.25) is 0 Å². The summed E-state index contributed by atoms with van der Waals surface area (Å²) in [5.41, 5.74) is 0.361. The zero-order valence-corrected chi connectivity index (χ0v) is 13.5. The zero-order chi connectivity index (χ0) is 14.8. The minimum absolute atomic E-state index is 0.0788. The van der Waals surface area contributed by atoms with Gasteiger partial charge < -0.3 is 9.84 Å². The molecular weight excluding hydrogens is 348 g/mol. The van der Waals surface area contributed by atoms with Crippen molar-refractivity contribution in [2.75, 3.05) is 19.5 Å². The summed E-state index contributed by atoms with van der Waals surface area (Å²) in [5, 5.41) is 10.8. The lowest BCUT2D eigenvalue weighted by atomic mass is 9.84. The van der Waals surface area contributed by atoms with Crippen LogP contribution in [0.5, 0.6) is 0 Å². The van der Waals surface area contributed by atoms with Crippen molar-refractivity contribution < 1.29 is 22.4 Å². The largest absolute Gasteiger partial charge is 0.385 e. The van der Waals surface area contributed by atoms with E-state index < -0.39 is 15.7 Å². The molecule has 0 atom stereocenters. The van der Waals surface area contributed by atoms with E-state index in [1.807, 2.05) is 6.07 Å². The predicted molar refractivity (Wildman–Crippen MR) is 77.7 cm³/mol. The first kappa shape index (κ1) is 15.9. The summed E-state index contributed by atoms with van der Waals surface area (Å²) in [4.78, 5) is 0. The van der Waals surface area contributed by atoms with Crippen LogP contribution >= 0.6 is 15.9 Å². The van der Waals surface area contributed by atoms with Crippen LogP contribution in [-0.4, -0.2) is 33.0 Å². The third-order valence-electron chi connectivity index (χ3n) is 3.32. The molecule has 1 aromatic rings. The van der Waals surface area contributed by atoms with E-state index in [4.69, 9.17) is 8.92 Å². The predicted octanol–water partition coefficient (Wildman–Crippen LogP) is 1.92. The first-order valence-corrected chi connectivity index (χ1v) is 8.85. The van der Waals surface area contributed by atoms with E-state index in [0.29, 0.717) is 37.2 Å². The van der Waals surface area contributed by atoms with Gasteiger partial charge in [0.15, 0.2) is 0 Å². The highest BCUT2D eigenvalue weighted by Crippen LogP contribution is 2.36. The molecule has 112 valence electrons. The standard InChI is InChI=1S/C13H17BrO5S/c1-20(16,17)19-9-10-2-3-11(14)8-12(10)13(15)4-6-18-7-5-13/h2-3,8,15H,4-7,9H2,1H3. The summed E-state index contributed by atoms with van der Waals surface area (Å²) in [6.45, 7) is 0.884. The molecule has 2 rings (SSSR count). The molecule has 0 bridgehead atoms. The molecule has 1 aliphatic heterocycles. The van der Waals surface area contributed by atoms with Gasteiger partial charge in [-0.3, -0.25) is 4.18 Å². The van der Waals surface area contributed by atoms with Crippen LogP contribution in [0, 0.1) is 0 Å². The summed E-state index contributed by atoms with van der Waals surface area (Å²) in [6.07, 6.45) is 1.97. The lowest BCUT2D eigenvalue weighted by Gasteiger charge is -2.34. The Kier molecular flexibility index (Phi) is 4.86. The SMILES string of the molecule is CS(=O)(=O)OCc1ccc(Br)cc1C1(O)CCOCC1. The molecule has 7 heteroatoms. The second-order valence-corrected chi connectivity index (χ2v) is 7.47. The molecule has 1 aliphatic rings. The number of hydrogen-bond donors (Lipinski definition) is 1. The van der Waals surface area contributed by atoms with E-state index in [2.05, 4.69) is 15.9 Å². The summed E-state index contributed by atoms with van der Waals surface area (Å²) in [6, 6.07) is 5.37. The maximum absolute atomic E-state index is 11.1. The average Bonchev–Trinajstić information content (AvgIpc) is 2.37. The van der Waals surface area contributed by atoms with Gasteiger partial charge in [-0.05, 0) is 23.3 Å². The van der Waals surface area contributed by atoms with Crippen LogP contribution in [0.25, 0.3) is 0 Å². The molecule has 5 nitrogen and oxygen atoms in total. The minimum Gasteiger partial charge on any atom is -0.385 e. The monoisotopic (exact) mass is 364 g/mol. The summed E-state index contributed by atoms with van der Waals surface area (Å²) in [7, 11) is -3.52. The van der Waals surface area contributed by atoms with Crippen LogP contribution in [-0.2, 0) is 31.2 Å². The summed E-state index contributed by atoms with van der Waals surface area (Å²) < 4.78 is 33.2. The number of aliphatic hydroxyl groups is 1. The van der Waals surface area contributed by atoms with Gasteiger partial charge in [-0.25, -0.2) is 0 Å². The van der Waals surface area contributed by atoms with Gasteiger partial charge in [0.1, 0.15) is 0 Å². The molecule has 1 fully saturated rings. The van der Waals surface area contributed by atoms with Crippen molar-refractivity contribution in [2.24, 2.45) is 0 Å². The lowest BCUT2D eigenvalue weighted by Crippen LogP contribution is -2.34. The van der Waals surface area contributed by atoms with E-state index in [0.717, 1.165) is 10.7 Å². The number of rotatable bonds is 4. The van der Waals surface area contributed by atoms with Gasteiger partial charge in [0.05, 0.1) is 18.5 Å². The topological polar surface area (TPSA) is 72.8 Å². The van der Waals surface area contributed by atoms with Gasteiger partial charge in [0, 0.05) is 30.5 Å². The molecule has 1 heterocycles. The van der Waals surface area contributed by atoms with E-state index in [1.165, 1.54) is 0 Å². The highest BCUT2D eigenvalue weighted by molar-refractivity contribution is 9.10. The average molecular weight is 365 g/mol. The van der Waals surface area contributed by atoms with Gasteiger partial charge in [-0.2, -0.15) is 8.42 Å². The summed E-state index contributed by atoms with van der Waals surface area (Å²) in [5.74, 6) is 0. The Balaban J connectivity index is 2.32. The molecule has 0 aromatic heterocycles. The van der Waals surface area contributed by atoms with E-state index in [-0.39, 0.29) is 6.61 Å². The minimum atomic E-state index is -3.52. The Labute approximate surface area is 127 Å². The van der Waals surface area contributed by atoms with Crippen molar-refractivity contribution >= 4 is 26.0 Å². The highest BCUT2D eigenvalue weighted by Gasteiger charge is 2.34. The maximum Gasteiger partial charge on any atom is 0.264 e. The van der Waals surface area contributed by atoms with Gasteiger partial charge in [0.2, 0.25) is 0 Å². The Morgan fingerprint density at radius 2 is 2.05 bits per heavy atom. The fourth-order valence-electron chi connectivity index (χ4n) is 2.26. The molecule has 1 N–H and O–H groups in total. The molecule has 0 spiro atoms. The first-order chi connectivity index (χ1) is 9.30. The van der Waals surface area contributed by atoms with Gasteiger partial charge in [-0.1, -0.05) is 22.0 Å². The van der Waals surface area contributed by atoms with Crippen molar-refractivity contribution in [1.29, 1.82) is 0 Å². The van der Waals surface area contributed by atoms with Gasteiger partial charge in [-0.15, -0.1) is 0 Å². The molecule has 0 radical (unpaired) electrons. The second-order valence-electron chi connectivity index (χ2n) is 4.91. The van der Waals surface area contributed by atoms with E-state index in [1.54, 1.807) is 12.1 Å². The number of hydrogen-bond acceptors (Lipinski definition) is 5. The van der Waals surface area contributed by atoms with Crippen molar-refractivity contribution in [3.63, 3.8) is 0 Å². The van der Waals surface area contributed by atoms with Crippen LogP contribution in [0.4, 0.5) is 0 Å².